The molecule has 0 aliphatic heterocycles. The van der Waals surface area contributed by atoms with Crippen LogP contribution >= 0.6 is 0 Å². The van der Waals surface area contributed by atoms with E-state index in [9.17, 15) is 0 Å². The molecule has 0 atom stereocenters. The van der Waals surface area contributed by atoms with Gasteiger partial charge in [0.05, 0.1) is 17.6 Å². The molecule has 0 bridgehead atoms. The van der Waals surface area contributed by atoms with Gasteiger partial charge in [-0.3, -0.25) is 0 Å². The van der Waals surface area contributed by atoms with Crippen LogP contribution in [0.5, 0.6) is 0 Å². The average molecular weight is 219 g/mol. The average Bonchev–Trinajstić information content (AvgIpc) is 2.82. The minimum Gasteiger partial charge on any atom is -0.220 e. The SMILES string of the molecule is CC.CC.Cc1cn(-c2ccccc2)nn1. The molecule has 0 amide bonds. The van der Waals surface area contributed by atoms with Crippen LogP contribution in [0.15, 0.2) is 36.5 Å². The molecule has 0 radical (unpaired) electrons. The summed E-state index contributed by atoms with van der Waals surface area (Å²) in [5.41, 5.74) is 1.97. The van der Waals surface area contributed by atoms with Crippen molar-refractivity contribution < 1.29 is 0 Å². The summed E-state index contributed by atoms with van der Waals surface area (Å²) in [6.07, 6.45) is 1.90. The summed E-state index contributed by atoms with van der Waals surface area (Å²) in [6.45, 7) is 9.92. The predicted molar refractivity (Wildman–Crippen MR) is 68.8 cm³/mol. The summed E-state index contributed by atoms with van der Waals surface area (Å²) in [6, 6.07) is 9.92. The molecule has 0 aliphatic carbocycles. The summed E-state index contributed by atoms with van der Waals surface area (Å²) in [4.78, 5) is 0. The predicted octanol–water partition coefficient (Wildman–Crippen LogP) is 3.63. The summed E-state index contributed by atoms with van der Waals surface area (Å²) in [7, 11) is 0. The molecule has 1 aromatic heterocycles. The lowest BCUT2D eigenvalue weighted by Crippen LogP contribution is -1.93. The smallest absolute Gasteiger partial charge is 0.0800 e. The Balaban J connectivity index is 0.000000509. The molecule has 0 saturated heterocycles. The van der Waals surface area contributed by atoms with E-state index in [0.29, 0.717) is 0 Å². The molecule has 16 heavy (non-hydrogen) atoms. The minimum atomic E-state index is 0.929. The number of nitrogens with zero attached hydrogens (tertiary/aromatic N) is 3. The Hall–Kier alpha value is -1.64. The quantitative estimate of drug-likeness (QED) is 0.733. The second-order valence-corrected chi connectivity index (χ2v) is 2.64. The van der Waals surface area contributed by atoms with Gasteiger partial charge < -0.3 is 0 Å². The van der Waals surface area contributed by atoms with Crippen molar-refractivity contribution in [1.29, 1.82) is 0 Å². The van der Waals surface area contributed by atoms with E-state index in [1.165, 1.54) is 0 Å². The number of aromatic nitrogens is 3. The highest BCUT2D eigenvalue weighted by Gasteiger charge is 1.96. The van der Waals surface area contributed by atoms with Crippen molar-refractivity contribution in [3.63, 3.8) is 0 Å². The van der Waals surface area contributed by atoms with Crippen molar-refractivity contribution in [3.8, 4) is 5.69 Å². The molecule has 2 rings (SSSR count). The second kappa shape index (κ2) is 8.65. The first kappa shape index (κ1) is 14.4. The van der Waals surface area contributed by atoms with E-state index in [1.807, 2.05) is 71.1 Å². The standard InChI is InChI=1S/C9H9N3.2C2H6/c1-8-7-12(11-10-8)9-5-3-2-4-6-9;2*1-2/h2-7H,1H3;2*1-2H3. The maximum absolute atomic E-state index is 3.95. The zero-order chi connectivity index (χ0) is 12.4. The summed E-state index contributed by atoms with van der Waals surface area (Å²) in [5.74, 6) is 0. The minimum absolute atomic E-state index is 0.929. The number of rotatable bonds is 1. The van der Waals surface area contributed by atoms with Crippen molar-refractivity contribution >= 4 is 0 Å². The van der Waals surface area contributed by atoms with Crippen LogP contribution in [0.1, 0.15) is 33.4 Å². The topological polar surface area (TPSA) is 30.7 Å². The third kappa shape index (κ3) is 4.26. The van der Waals surface area contributed by atoms with Gasteiger partial charge in [-0.25, -0.2) is 4.68 Å². The van der Waals surface area contributed by atoms with Crippen molar-refractivity contribution in [2.24, 2.45) is 0 Å². The van der Waals surface area contributed by atoms with E-state index < -0.39 is 0 Å². The van der Waals surface area contributed by atoms with Gasteiger partial charge in [0.1, 0.15) is 0 Å². The lowest BCUT2D eigenvalue weighted by Gasteiger charge is -1.96. The summed E-state index contributed by atoms with van der Waals surface area (Å²) < 4.78 is 1.76. The van der Waals surface area contributed by atoms with Gasteiger partial charge in [0.2, 0.25) is 0 Å². The third-order valence-corrected chi connectivity index (χ3v) is 1.63. The number of aryl methyl sites for hydroxylation is 1. The number of hydrogen-bond acceptors (Lipinski definition) is 2. The van der Waals surface area contributed by atoms with E-state index in [0.717, 1.165) is 11.4 Å². The molecule has 3 heteroatoms. The lowest BCUT2D eigenvalue weighted by atomic mass is 10.3. The zero-order valence-corrected chi connectivity index (χ0v) is 10.8. The highest BCUT2D eigenvalue weighted by molar-refractivity contribution is 5.29. The Labute approximate surface area is 98.1 Å². The Kier molecular flexibility index (Phi) is 7.76. The van der Waals surface area contributed by atoms with Gasteiger partial charge in [-0.05, 0) is 19.1 Å². The molecule has 0 spiro atoms. The van der Waals surface area contributed by atoms with Crippen molar-refractivity contribution in [2.45, 2.75) is 34.6 Å². The maximum atomic E-state index is 3.95. The van der Waals surface area contributed by atoms with Crippen LogP contribution in [0.25, 0.3) is 5.69 Å². The molecule has 1 heterocycles. The molecule has 0 fully saturated rings. The molecule has 3 nitrogen and oxygen atoms in total. The van der Waals surface area contributed by atoms with Gasteiger partial charge in [-0.2, -0.15) is 0 Å². The fourth-order valence-electron chi connectivity index (χ4n) is 1.05. The molecule has 0 unspecified atom stereocenters. The summed E-state index contributed by atoms with van der Waals surface area (Å²) in [5, 5.41) is 7.86. The molecular formula is C13H21N3. The van der Waals surface area contributed by atoms with E-state index in [-0.39, 0.29) is 0 Å². The molecule has 0 saturated carbocycles. The van der Waals surface area contributed by atoms with Gasteiger partial charge in [0, 0.05) is 0 Å². The van der Waals surface area contributed by atoms with Crippen LogP contribution in [0.4, 0.5) is 0 Å². The molecule has 0 N–H and O–H groups in total. The van der Waals surface area contributed by atoms with Gasteiger partial charge in [-0.15, -0.1) is 5.10 Å². The molecule has 88 valence electrons. The molecule has 0 aliphatic rings. The maximum Gasteiger partial charge on any atom is 0.0800 e. The molecule has 2 aromatic rings. The Morgan fingerprint density at radius 3 is 1.94 bits per heavy atom. The zero-order valence-electron chi connectivity index (χ0n) is 10.8. The van der Waals surface area contributed by atoms with E-state index in [4.69, 9.17) is 0 Å². The van der Waals surface area contributed by atoms with Crippen LogP contribution in [-0.4, -0.2) is 15.0 Å². The van der Waals surface area contributed by atoms with Crippen LogP contribution in [0.2, 0.25) is 0 Å². The van der Waals surface area contributed by atoms with Crippen molar-refractivity contribution in [3.05, 3.63) is 42.2 Å². The summed E-state index contributed by atoms with van der Waals surface area (Å²) >= 11 is 0. The Morgan fingerprint density at radius 2 is 1.50 bits per heavy atom. The third-order valence-electron chi connectivity index (χ3n) is 1.63. The van der Waals surface area contributed by atoms with Crippen LogP contribution < -0.4 is 0 Å². The first-order valence-corrected chi connectivity index (χ1v) is 5.80. The number of benzene rings is 1. The van der Waals surface area contributed by atoms with Crippen molar-refractivity contribution in [2.75, 3.05) is 0 Å². The molecular weight excluding hydrogens is 198 g/mol. The van der Waals surface area contributed by atoms with Crippen LogP contribution in [0, 0.1) is 6.92 Å². The van der Waals surface area contributed by atoms with E-state index in [2.05, 4.69) is 10.3 Å². The Bertz CT molecular complexity index is 366. The first-order chi connectivity index (χ1) is 7.86. The van der Waals surface area contributed by atoms with Crippen LogP contribution in [0.3, 0.4) is 0 Å². The fraction of sp³-hybridized carbons (Fsp3) is 0.385. The monoisotopic (exact) mass is 219 g/mol. The lowest BCUT2D eigenvalue weighted by molar-refractivity contribution is 0.801. The van der Waals surface area contributed by atoms with E-state index in [1.54, 1.807) is 4.68 Å². The highest BCUT2D eigenvalue weighted by atomic mass is 15.4. The molecule has 1 aromatic carbocycles. The van der Waals surface area contributed by atoms with Crippen LogP contribution in [-0.2, 0) is 0 Å². The number of para-hydroxylation sites is 1. The van der Waals surface area contributed by atoms with Gasteiger partial charge in [0.25, 0.3) is 0 Å². The Morgan fingerprint density at radius 1 is 0.938 bits per heavy atom. The highest BCUT2D eigenvalue weighted by Crippen LogP contribution is 2.04. The number of hydrogen-bond donors (Lipinski definition) is 0. The second-order valence-electron chi connectivity index (χ2n) is 2.64. The fourth-order valence-corrected chi connectivity index (χ4v) is 1.05. The van der Waals surface area contributed by atoms with Gasteiger partial charge >= 0.3 is 0 Å². The largest absolute Gasteiger partial charge is 0.220 e. The normalized spacial score (nSPS) is 8.31. The van der Waals surface area contributed by atoms with Gasteiger partial charge in [0.15, 0.2) is 0 Å². The van der Waals surface area contributed by atoms with E-state index >= 15 is 0 Å². The van der Waals surface area contributed by atoms with Crippen molar-refractivity contribution in [1.82, 2.24) is 15.0 Å². The van der Waals surface area contributed by atoms with Gasteiger partial charge in [-0.1, -0.05) is 51.1 Å². The first-order valence-electron chi connectivity index (χ1n) is 5.80.